The van der Waals surface area contributed by atoms with Crippen LogP contribution in [0.15, 0.2) is 109 Å². The quantitative estimate of drug-likeness (QED) is 0.116. The number of fused-ring (bicyclic) bond motifs is 2. The van der Waals surface area contributed by atoms with E-state index in [1.54, 1.807) is 11.1 Å². The summed E-state index contributed by atoms with van der Waals surface area (Å²) in [4.78, 5) is 0. The van der Waals surface area contributed by atoms with Gasteiger partial charge in [0.05, 0.1) is 0 Å². The molecule has 2 aliphatic rings. The van der Waals surface area contributed by atoms with Crippen molar-refractivity contribution in [2.75, 3.05) is 0 Å². The molecule has 0 aromatic heterocycles. The van der Waals surface area contributed by atoms with Gasteiger partial charge in [-0.25, -0.2) is 0 Å². The fourth-order valence-electron chi connectivity index (χ4n) is 8.30. The van der Waals surface area contributed by atoms with Gasteiger partial charge >= 0.3 is 37.9 Å². The van der Waals surface area contributed by atoms with Gasteiger partial charge in [-0.3, -0.25) is 0 Å². The summed E-state index contributed by atoms with van der Waals surface area (Å²) >= 11 is -0.826. The molecule has 0 spiro atoms. The van der Waals surface area contributed by atoms with E-state index in [0.717, 1.165) is 34.2 Å². The van der Waals surface area contributed by atoms with Crippen LogP contribution in [0.4, 0.5) is 0 Å². The standard InChI is InChI=1S/2C23H25.C2H6Si.2ClH.Zr/c2*1-2-17-14-20-12-7-13-22(23(20)15-17)21-11-6-10-19(16-21)18-8-4-3-5-9-18;1-3-2;;;/h2*6-7,10-16,18H,2-5,8-9H2,1H3;1-2H3;2*1H;/q2*-1;;;;+4/p-2. The predicted octanol–water partition coefficient (Wildman–Crippen LogP) is 15.8. The van der Waals surface area contributed by atoms with Crippen LogP contribution in [0, 0.1) is 0 Å². The molecule has 0 heterocycles. The van der Waals surface area contributed by atoms with Crippen LogP contribution in [-0.2, 0) is 33.7 Å². The number of hydrogen-bond acceptors (Lipinski definition) is 0. The van der Waals surface area contributed by atoms with E-state index in [1.807, 2.05) is 0 Å². The summed E-state index contributed by atoms with van der Waals surface area (Å²) in [6.07, 6.45) is 16.1. The number of rotatable bonds is 6. The summed E-state index contributed by atoms with van der Waals surface area (Å²) in [6, 6.07) is 41.5. The zero-order valence-electron chi connectivity index (χ0n) is 31.8. The first-order valence-electron chi connectivity index (χ1n) is 19.6. The third-order valence-electron chi connectivity index (χ3n) is 11.0. The second-order valence-corrected chi connectivity index (χ2v) is 19.3. The Morgan fingerprint density at radius 1 is 0.558 bits per heavy atom. The third kappa shape index (κ3) is 10.9. The number of aryl methyl sites for hydroxylation is 2. The molecule has 270 valence electrons. The average Bonchev–Trinajstić information content (AvgIpc) is 3.84. The van der Waals surface area contributed by atoms with E-state index >= 15 is 0 Å². The van der Waals surface area contributed by atoms with Crippen molar-refractivity contribution in [1.82, 2.24) is 0 Å². The normalized spacial score (nSPS) is 14.7. The van der Waals surface area contributed by atoms with E-state index in [1.165, 1.54) is 119 Å². The van der Waals surface area contributed by atoms with Gasteiger partial charge in [0.25, 0.3) is 0 Å². The van der Waals surface area contributed by atoms with Gasteiger partial charge in [0.2, 0.25) is 0 Å². The molecule has 0 N–H and O–H groups in total. The van der Waals surface area contributed by atoms with Crippen molar-refractivity contribution in [1.29, 1.82) is 0 Å². The van der Waals surface area contributed by atoms with Gasteiger partial charge in [-0.05, 0) is 72.6 Å². The van der Waals surface area contributed by atoms with Gasteiger partial charge in [-0.15, -0.1) is 69.1 Å². The summed E-state index contributed by atoms with van der Waals surface area (Å²) in [5.74, 6) is 1.54. The zero-order valence-corrected chi connectivity index (χ0v) is 36.8. The second-order valence-electron chi connectivity index (χ2n) is 14.5. The Morgan fingerprint density at radius 2 is 0.923 bits per heavy atom. The first-order valence-corrected chi connectivity index (χ1v) is 28.0. The van der Waals surface area contributed by atoms with Crippen LogP contribution in [0.1, 0.15) is 112 Å². The molecule has 0 aliphatic heterocycles. The van der Waals surface area contributed by atoms with Crippen molar-refractivity contribution in [2.24, 2.45) is 0 Å². The van der Waals surface area contributed by atoms with Gasteiger partial charge < -0.3 is 0 Å². The van der Waals surface area contributed by atoms with Crippen LogP contribution in [-0.4, -0.2) is 9.52 Å². The Morgan fingerprint density at radius 3 is 1.29 bits per heavy atom. The van der Waals surface area contributed by atoms with E-state index in [-0.39, 0.29) is 0 Å². The number of hydrogen-bond donors (Lipinski definition) is 0. The summed E-state index contributed by atoms with van der Waals surface area (Å²) in [5.41, 5.74) is 11.5. The second kappa shape index (κ2) is 21.6. The Balaban J connectivity index is 0.000000175. The van der Waals surface area contributed by atoms with Gasteiger partial charge in [0, 0.05) is 9.52 Å². The molecule has 6 aromatic rings. The van der Waals surface area contributed by atoms with Crippen LogP contribution < -0.4 is 0 Å². The fraction of sp³-hybridized carbons (Fsp3) is 0.375. The SMILES string of the molecule is CCc1cc2c(-c3cccc(C4CCCCC4)c3)cccc2[cH-]1.CCc1cc2c(-c3cccc(C4CCCCC4)c3)cccc2[cH-]1.C[Si]C.[Cl][Zr+2][Cl]. The molecular weight excluding hydrogens is 767 g/mol. The molecule has 2 radical (unpaired) electrons. The van der Waals surface area contributed by atoms with Gasteiger partial charge in [0.15, 0.2) is 0 Å². The fourth-order valence-corrected chi connectivity index (χ4v) is 8.30. The van der Waals surface area contributed by atoms with Crippen molar-refractivity contribution in [3.05, 3.63) is 131 Å². The summed E-state index contributed by atoms with van der Waals surface area (Å²) in [7, 11) is 11.0. The van der Waals surface area contributed by atoms with Crippen molar-refractivity contribution in [3.63, 3.8) is 0 Å². The van der Waals surface area contributed by atoms with Crippen molar-refractivity contribution in [3.8, 4) is 22.3 Å². The van der Waals surface area contributed by atoms with Gasteiger partial charge in [-0.1, -0.05) is 137 Å². The molecule has 0 saturated heterocycles. The van der Waals surface area contributed by atoms with Crippen molar-refractivity contribution < 1.29 is 20.8 Å². The van der Waals surface area contributed by atoms with E-state index in [0.29, 0.717) is 0 Å². The molecular formula is C48H56Cl2SiZr. The van der Waals surface area contributed by atoms with E-state index in [4.69, 9.17) is 17.0 Å². The third-order valence-corrected chi connectivity index (χ3v) is 11.0. The minimum atomic E-state index is -0.826. The van der Waals surface area contributed by atoms with Crippen LogP contribution >= 0.6 is 17.0 Å². The summed E-state index contributed by atoms with van der Waals surface area (Å²) in [5, 5.41) is 5.57. The van der Waals surface area contributed by atoms with E-state index in [2.05, 4.69) is 136 Å². The Kier molecular flexibility index (Phi) is 17.0. The number of benzene rings is 4. The van der Waals surface area contributed by atoms with E-state index in [9.17, 15) is 0 Å². The summed E-state index contributed by atoms with van der Waals surface area (Å²) < 4.78 is 0. The molecule has 0 atom stereocenters. The number of halogens is 2. The minimum absolute atomic E-state index is 0.772. The molecule has 0 bridgehead atoms. The maximum atomic E-state index is 4.93. The van der Waals surface area contributed by atoms with Crippen LogP contribution in [0.5, 0.6) is 0 Å². The van der Waals surface area contributed by atoms with E-state index < -0.39 is 20.8 Å². The molecule has 0 nitrogen and oxygen atoms in total. The first-order chi connectivity index (χ1) is 25.5. The Bertz CT molecular complexity index is 1800. The molecule has 0 amide bonds. The van der Waals surface area contributed by atoms with Crippen LogP contribution in [0.2, 0.25) is 13.1 Å². The molecule has 2 aliphatic carbocycles. The molecule has 2 saturated carbocycles. The average molecular weight is 823 g/mol. The monoisotopic (exact) mass is 820 g/mol. The van der Waals surface area contributed by atoms with Gasteiger partial charge in [0.1, 0.15) is 0 Å². The van der Waals surface area contributed by atoms with Crippen molar-refractivity contribution in [2.45, 2.75) is 116 Å². The molecule has 2 fully saturated rings. The molecule has 4 heteroatoms. The molecule has 8 rings (SSSR count). The Labute approximate surface area is 335 Å². The summed E-state index contributed by atoms with van der Waals surface area (Å²) in [6.45, 7) is 8.77. The predicted molar refractivity (Wildman–Crippen MR) is 230 cm³/mol. The Hall–Kier alpha value is -2.22. The van der Waals surface area contributed by atoms with Gasteiger partial charge in [-0.2, -0.15) is 12.1 Å². The maximum absolute atomic E-state index is 4.93. The molecule has 0 unspecified atom stereocenters. The van der Waals surface area contributed by atoms with Crippen LogP contribution in [0.3, 0.4) is 0 Å². The van der Waals surface area contributed by atoms with Crippen molar-refractivity contribution >= 4 is 48.1 Å². The first kappa shape index (κ1) is 41.0. The topological polar surface area (TPSA) is 0 Å². The zero-order chi connectivity index (χ0) is 36.7. The molecule has 52 heavy (non-hydrogen) atoms. The van der Waals surface area contributed by atoms with Crippen LogP contribution in [0.25, 0.3) is 43.8 Å². The molecule has 6 aromatic carbocycles.